The van der Waals surface area contributed by atoms with Crippen molar-refractivity contribution in [1.82, 2.24) is 0 Å². The van der Waals surface area contributed by atoms with Gasteiger partial charge in [0.2, 0.25) is 0 Å². The predicted octanol–water partition coefficient (Wildman–Crippen LogP) is 4.17. The third-order valence-corrected chi connectivity index (χ3v) is 4.00. The van der Waals surface area contributed by atoms with E-state index < -0.39 is 0 Å². The first-order chi connectivity index (χ1) is 12.2. The van der Waals surface area contributed by atoms with Crippen molar-refractivity contribution in [3.63, 3.8) is 0 Å². The van der Waals surface area contributed by atoms with Crippen molar-refractivity contribution < 1.29 is 19.3 Å². The number of aliphatic hydroxyl groups excluding tert-OH is 1. The van der Waals surface area contributed by atoms with Gasteiger partial charge in [0.25, 0.3) is 0 Å². The molecule has 0 spiro atoms. The molecule has 25 heavy (non-hydrogen) atoms. The fourth-order valence-electron chi connectivity index (χ4n) is 2.27. The number of aliphatic hydroxyl groups is 1. The van der Waals surface area contributed by atoms with E-state index in [1.165, 1.54) is 0 Å². The van der Waals surface area contributed by atoms with Crippen molar-refractivity contribution in [3.05, 3.63) is 48.5 Å². The van der Waals surface area contributed by atoms with E-state index in [1.807, 2.05) is 48.5 Å². The molecule has 0 amide bonds. The Hall–Kier alpha value is -2.04. The van der Waals surface area contributed by atoms with Gasteiger partial charge in [-0.05, 0) is 41.3 Å². The lowest BCUT2D eigenvalue weighted by Gasteiger charge is -2.11. The quantitative estimate of drug-likeness (QED) is 0.622. The lowest BCUT2D eigenvalue weighted by molar-refractivity contribution is 0.0771. The zero-order chi connectivity index (χ0) is 17.9. The van der Waals surface area contributed by atoms with Crippen LogP contribution in [-0.4, -0.2) is 38.1 Å². The molecule has 0 saturated heterocycles. The zero-order valence-corrected chi connectivity index (χ0v) is 15.1. The predicted molar refractivity (Wildman–Crippen MR) is 100 cm³/mol. The molecule has 4 nitrogen and oxygen atoms in total. The summed E-state index contributed by atoms with van der Waals surface area (Å²) < 4.78 is 16.7. The molecule has 2 aromatic rings. The topological polar surface area (TPSA) is 47.9 Å². The van der Waals surface area contributed by atoms with Gasteiger partial charge in [-0.15, -0.1) is 0 Å². The maximum Gasteiger partial charge on any atom is 0.119 e. The maximum absolute atomic E-state index is 8.77. The zero-order valence-electron chi connectivity index (χ0n) is 15.1. The van der Waals surface area contributed by atoms with Gasteiger partial charge in [0.05, 0.1) is 13.2 Å². The summed E-state index contributed by atoms with van der Waals surface area (Å²) >= 11 is 0. The number of hydrogen-bond donors (Lipinski definition) is 1. The minimum absolute atomic E-state index is 0.0197. The summed E-state index contributed by atoms with van der Waals surface area (Å²) in [5.41, 5.74) is 2.23. The average Bonchev–Trinajstić information content (AvgIpc) is 2.67. The average molecular weight is 344 g/mol. The van der Waals surface area contributed by atoms with E-state index in [2.05, 4.69) is 13.8 Å². The highest BCUT2D eigenvalue weighted by Crippen LogP contribution is 2.24. The van der Waals surface area contributed by atoms with Gasteiger partial charge in [-0.2, -0.15) is 0 Å². The van der Waals surface area contributed by atoms with Gasteiger partial charge in [-0.25, -0.2) is 0 Å². The highest BCUT2D eigenvalue weighted by atomic mass is 16.5. The lowest BCUT2D eigenvalue weighted by Crippen LogP contribution is -2.11. The standard InChI is InChI=1S/C21H28O4/c1-3-17(2)16-23-14-15-25-21-10-6-19(7-11-21)18-4-8-20(9-5-18)24-13-12-22/h4-11,17,22H,3,12-16H2,1-2H3/t17-/m0/s1. The second kappa shape index (κ2) is 10.7. The van der Waals surface area contributed by atoms with Crippen molar-refractivity contribution in [2.75, 3.05) is 33.0 Å². The van der Waals surface area contributed by atoms with Crippen molar-refractivity contribution in [3.8, 4) is 22.6 Å². The Morgan fingerprint density at radius 2 is 1.32 bits per heavy atom. The highest BCUT2D eigenvalue weighted by molar-refractivity contribution is 5.64. The van der Waals surface area contributed by atoms with E-state index in [4.69, 9.17) is 19.3 Å². The Balaban J connectivity index is 1.79. The summed E-state index contributed by atoms with van der Waals surface area (Å²) in [6, 6.07) is 15.9. The van der Waals surface area contributed by atoms with Crippen LogP contribution in [0.5, 0.6) is 11.5 Å². The molecular weight excluding hydrogens is 316 g/mol. The Kier molecular flexibility index (Phi) is 8.29. The van der Waals surface area contributed by atoms with Gasteiger partial charge in [0.1, 0.15) is 24.7 Å². The van der Waals surface area contributed by atoms with E-state index in [0.717, 1.165) is 35.7 Å². The number of rotatable bonds is 11. The molecular formula is C21H28O4. The molecule has 0 fully saturated rings. The normalized spacial score (nSPS) is 12.0. The van der Waals surface area contributed by atoms with E-state index in [9.17, 15) is 0 Å². The Morgan fingerprint density at radius 3 is 1.80 bits per heavy atom. The van der Waals surface area contributed by atoms with Crippen LogP contribution in [-0.2, 0) is 4.74 Å². The molecule has 0 bridgehead atoms. The van der Waals surface area contributed by atoms with Gasteiger partial charge in [0, 0.05) is 6.61 Å². The lowest BCUT2D eigenvalue weighted by atomic mass is 10.1. The van der Waals surface area contributed by atoms with E-state index >= 15 is 0 Å². The van der Waals surface area contributed by atoms with Crippen LogP contribution < -0.4 is 9.47 Å². The number of benzene rings is 2. The Bertz CT molecular complexity index is 592. The molecule has 2 rings (SSSR count). The number of hydrogen-bond acceptors (Lipinski definition) is 4. The van der Waals surface area contributed by atoms with Gasteiger partial charge in [0.15, 0.2) is 0 Å². The van der Waals surface area contributed by atoms with Gasteiger partial charge in [-0.3, -0.25) is 0 Å². The summed E-state index contributed by atoms with van der Waals surface area (Å²) in [5, 5.41) is 8.77. The van der Waals surface area contributed by atoms with E-state index in [1.54, 1.807) is 0 Å². The summed E-state index contributed by atoms with van der Waals surface area (Å²) in [6.45, 7) is 6.65. The SMILES string of the molecule is CC[C@H](C)COCCOc1ccc(-c2ccc(OCCO)cc2)cc1. The van der Waals surface area contributed by atoms with Crippen LogP contribution in [0, 0.1) is 5.92 Å². The fraction of sp³-hybridized carbons (Fsp3) is 0.429. The summed E-state index contributed by atoms with van der Waals surface area (Å²) in [6.07, 6.45) is 1.14. The Morgan fingerprint density at radius 1 is 0.800 bits per heavy atom. The Labute approximate surface area is 150 Å². The van der Waals surface area contributed by atoms with Crippen molar-refractivity contribution in [2.45, 2.75) is 20.3 Å². The van der Waals surface area contributed by atoms with Crippen LogP contribution in [0.4, 0.5) is 0 Å². The van der Waals surface area contributed by atoms with Crippen molar-refractivity contribution in [1.29, 1.82) is 0 Å². The fourth-order valence-corrected chi connectivity index (χ4v) is 2.27. The first-order valence-corrected chi connectivity index (χ1v) is 8.87. The molecule has 0 unspecified atom stereocenters. The minimum atomic E-state index is 0.0197. The summed E-state index contributed by atoms with van der Waals surface area (Å²) in [5.74, 6) is 2.20. The monoisotopic (exact) mass is 344 g/mol. The largest absolute Gasteiger partial charge is 0.491 e. The molecule has 0 aliphatic rings. The molecule has 0 saturated carbocycles. The molecule has 4 heteroatoms. The van der Waals surface area contributed by atoms with Crippen LogP contribution in [0.15, 0.2) is 48.5 Å². The summed E-state index contributed by atoms with van der Waals surface area (Å²) in [4.78, 5) is 0. The minimum Gasteiger partial charge on any atom is -0.491 e. The van der Waals surface area contributed by atoms with Gasteiger partial charge in [-0.1, -0.05) is 44.5 Å². The molecule has 0 radical (unpaired) electrons. The molecule has 2 aromatic carbocycles. The first kappa shape index (κ1) is 19.3. The molecule has 0 heterocycles. The first-order valence-electron chi connectivity index (χ1n) is 8.87. The van der Waals surface area contributed by atoms with Gasteiger partial charge >= 0.3 is 0 Å². The van der Waals surface area contributed by atoms with Crippen LogP contribution in [0.1, 0.15) is 20.3 Å². The molecule has 1 N–H and O–H groups in total. The van der Waals surface area contributed by atoms with E-state index in [-0.39, 0.29) is 6.61 Å². The summed E-state index contributed by atoms with van der Waals surface area (Å²) in [7, 11) is 0. The smallest absolute Gasteiger partial charge is 0.119 e. The van der Waals surface area contributed by atoms with Crippen LogP contribution in [0.2, 0.25) is 0 Å². The molecule has 0 aliphatic carbocycles. The van der Waals surface area contributed by atoms with Gasteiger partial charge < -0.3 is 19.3 Å². The highest BCUT2D eigenvalue weighted by Gasteiger charge is 2.01. The van der Waals surface area contributed by atoms with Crippen molar-refractivity contribution in [2.24, 2.45) is 5.92 Å². The molecule has 136 valence electrons. The molecule has 0 aliphatic heterocycles. The van der Waals surface area contributed by atoms with Crippen molar-refractivity contribution >= 4 is 0 Å². The van der Waals surface area contributed by atoms with Crippen LogP contribution in [0.3, 0.4) is 0 Å². The molecule has 0 aromatic heterocycles. The third-order valence-electron chi connectivity index (χ3n) is 4.00. The van der Waals surface area contributed by atoms with Crippen LogP contribution in [0.25, 0.3) is 11.1 Å². The van der Waals surface area contributed by atoms with E-state index in [0.29, 0.717) is 25.7 Å². The second-order valence-corrected chi connectivity index (χ2v) is 6.06. The van der Waals surface area contributed by atoms with Crippen LogP contribution >= 0.6 is 0 Å². The third kappa shape index (κ3) is 6.77. The maximum atomic E-state index is 8.77. The number of ether oxygens (including phenoxy) is 3. The second-order valence-electron chi connectivity index (χ2n) is 6.06. The molecule has 1 atom stereocenters.